The van der Waals surface area contributed by atoms with Crippen LogP contribution < -0.4 is 0 Å². The normalized spacial score (nSPS) is 11.8. The van der Waals surface area contributed by atoms with E-state index in [1.54, 1.807) is 11.3 Å². The minimum Gasteiger partial charge on any atom is -0.255 e. The minimum atomic E-state index is 0.548. The fourth-order valence-electron chi connectivity index (χ4n) is 2.24. The van der Waals surface area contributed by atoms with Gasteiger partial charge in [-0.3, -0.25) is 9.98 Å². The summed E-state index contributed by atoms with van der Waals surface area (Å²) in [6.07, 6.45) is 3.81. The summed E-state index contributed by atoms with van der Waals surface area (Å²) in [7, 11) is 0. The van der Waals surface area contributed by atoms with Crippen LogP contribution in [0.3, 0.4) is 0 Å². The Bertz CT molecular complexity index is 828. The fourth-order valence-corrected chi connectivity index (χ4v) is 3.00. The van der Waals surface area contributed by atoms with Crippen molar-refractivity contribution >= 4 is 35.1 Å². The van der Waals surface area contributed by atoms with Gasteiger partial charge in [0, 0.05) is 22.2 Å². The number of benzene rings is 2. The highest BCUT2D eigenvalue weighted by atomic mass is 32.1. The quantitative estimate of drug-likeness (QED) is 0.485. The first-order valence-corrected chi connectivity index (χ1v) is 8.85. The molecule has 0 bridgehead atoms. The molecule has 0 saturated heterocycles. The van der Waals surface area contributed by atoms with Gasteiger partial charge >= 0.3 is 0 Å². The van der Waals surface area contributed by atoms with Gasteiger partial charge in [0.25, 0.3) is 0 Å². The Morgan fingerprint density at radius 3 is 1.79 bits per heavy atom. The van der Waals surface area contributed by atoms with Crippen molar-refractivity contribution in [2.75, 3.05) is 0 Å². The van der Waals surface area contributed by atoms with E-state index >= 15 is 0 Å². The van der Waals surface area contributed by atoms with E-state index in [0.29, 0.717) is 5.92 Å². The maximum Gasteiger partial charge on any atom is 0.0630 e. The number of para-hydroxylation sites is 1. The van der Waals surface area contributed by atoms with Gasteiger partial charge in [-0.05, 0) is 47.9 Å². The van der Waals surface area contributed by atoms with Gasteiger partial charge in [0.1, 0.15) is 0 Å². The highest BCUT2D eigenvalue weighted by Crippen LogP contribution is 2.20. The average Bonchev–Trinajstić information content (AvgIpc) is 3.07. The Hall–Kier alpha value is -2.52. The van der Waals surface area contributed by atoms with E-state index in [1.807, 2.05) is 42.8 Å². The first-order chi connectivity index (χ1) is 11.7. The molecule has 24 heavy (non-hydrogen) atoms. The molecule has 0 fully saturated rings. The fraction of sp³-hybridized carbons (Fsp3) is 0.143. The number of aliphatic imine (C=N–C) groups is 2. The second-order valence-electron chi connectivity index (χ2n) is 5.84. The molecule has 0 saturated carbocycles. The molecule has 2 aromatic carbocycles. The van der Waals surface area contributed by atoms with Gasteiger partial charge in [-0.15, -0.1) is 11.3 Å². The minimum absolute atomic E-state index is 0.548. The maximum atomic E-state index is 4.55. The molecule has 3 rings (SSSR count). The lowest BCUT2D eigenvalue weighted by atomic mass is 10.0. The maximum absolute atomic E-state index is 4.55. The molecule has 0 aliphatic heterocycles. The van der Waals surface area contributed by atoms with Crippen molar-refractivity contribution in [2.45, 2.75) is 19.8 Å². The Morgan fingerprint density at radius 2 is 1.25 bits per heavy atom. The SMILES string of the molecule is CC(C)c1ccc(N=Cc2ccc(C=Nc3ccccc3)s2)cc1. The largest absolute Gasteiger partial charge is 0.255 e. The van der Waals surface area contributed by atoms with Crippen molar-refractivity contribution < 1.29 is 0 Å². The van der Waals surface area contributed by atoms with E-state index < -0.39 is 0 Å². The zero-order chi connectivity index (χ0) is 16.8. The number of hydrogen-bond acceptors (Lipinski definition) is 3. The van der Waals surface area contributed by atoms with Crippen LogP contribution >= 0.6 is 11.3 Å². The van der Waals surface area contributed by atoms with Crippen molar-refractivity contribution in [1.29, 1.82) is 0 Å². The molecule has 3 heteroatoms. The highest BCUT2D eigenvalue weighted by Gasteiger charge is 1.99. The summed E-state index contributed by atoms with van der Waals surface area (Å²) in [6, 6.07) is 22.5. The summed E-state index contributed by atoms with van der Waals surface area (Å²) >= 11 is 1.68. The first-order valence-electron chi connectivity index (χ1n) is 8.04. The Morgan fingerprint density at radius 1 is 0.708 bits per heavy atom. The first kappa shape index (κ1) is 16.3. The molecule has 0 radical (unpaired) electrons. The van der Waals surface area contributed by atoms with Crippen molar-refractivity contribution in [1.82, 2.24) is 0 Å². The highest BCUT2D eigenvalue weighted by molar-refractivity contribution is 7.15. The van der Waals surface area contributed by atoms with Crippen LogP contribution in [0.2, 0.25) is 0 Å². The Balaban J connectivity index is 1.66. The van der Waals surface area contributed by atoms with Gasteiger partial charge in [0.05, 0.1) is 11.4 Å². The molecule has 0 unspecified atom stereocenters. The van der Waals surface area contributed by atoms with E-state index in [9.17, 15) is 0 Å². The van der Waals surface area contributed by atoms with Gasteiger partial charge in [-0.25, -0.2) is 0 Å². The molecule has 0 aliphatic rings. The molecular formula is C21H20N2S. The lowest BCUT2D eigenvalue weighted by molar-refractivity contribution is 0.867. The Kier molecular flexibility index (Phi) is 5.34. The number of hydrogen-bond donors (Lipinski definition) is 0. The van der Waals surface area contributed by atoms with Crippen LogP contribution in [0.5, 0.6) is 0 Å². The molecule has 0 amide bonds. The van der Waals surface area contributed by atoms with Crippen LogP contribution in [0.15, 0.2) is 76.7 Å². The van der Waals surface area contributed by atoms with Crippen LogP contribution in [0, 0.1) is 0 Å². The lowest BCUT2D eigenvalue weighted by Crippen LogP contribution is -1.84. The number of thiophene rings is 1. The van der Waals surface area contributed by atoms with E-state index in [-0.39, 0.29) is 0 Å². The summed E-state index contributed by atoms with van der Waals surface area (Å²) < 4.78 is 0. The smallest absolute Gasteiger partial charge is 0.0630 e. The molecular weight excluding hydrogens is 312 g/mol. The van der Waals surface area contributed by atoms with Gasteiger partial charge < -0.3 is 0 Å². The molecule has 120 valence electrons. The molecule has 0 atom stereocenters. The Labute approximate surface area is 147 Å². The van der Waals surface area contributed by atoms with Crippen molar-refractivity contribution in [3.8, 4) is 0 Å². The third-order valence-electron chi connectivity index (χ3n) is 3.65. The van der Waals surface area contributed by atoms with Crippen molar-refractivity contribution in [3.63, 3.8) is 0 Å². The van der Waals surface area contributed by atoms with Gasteiger partial charge in [0.15, 0.2) is 0 Å². The van der Waals surface area contributed by atoms with Crippen LogP contribution in [0.1, 0.15) is 35.1 Å². The van der Waals surface area contributed by atoms with Crippen molar-refractivity contribution in [3.05, 3.63) is 82.0 Å². The second-order valence-corrected chi connectivity index (χ2v) is 6.99. The van der Waals surface area contributed by atoms with E-state index in [4.69, 9.17) is 0 Å². The van der Waals surface area contributed by atoms with Crippen LogP contribution in [-0.4, -0.2) is 12.4 Å². The predicted molar refractivity (Wildman–Crippen MR) is 106 cm³/mol. The molecule has 1 aromatic heterocycles. The molecule has 2 nitrogen and oxygen atoms in total. The summed E-state index contributed by atoms with van der Waals surface area (Å²) in [5.41, 5.74) is 3.28. The van der Waals surface area contributed by atoms with Crippen molar-refractivity contribution in [2.24, 2.45) is 9.98 Å². The van der Waals surface area contributed by atoms with Gasteiger partial charge in [-0.1, -0.05) is 44.2 Å². The van der Waals surface area contributed by atoms with Gasteiger partial charge in [0.2, 0.25) is 0 Å². The molecule has 1 heterocycles. The summed E-state index contributed by atoms with van der Waals surface area (Å²) in [5, 5.41) is 0. The van der Waals surface area contributed by atoms with E-state index in [0.717, 1.165) is 21.1 Å². The summed E-state index contributed by atoms with van der Waals surface area (Å²) in [5.74, 6) is 0.548. The average molecular weight is 332 g/mol. The second kappa shape index (κ2) is 7.84. The summed E-state index contributed by atoms with van der Waals surface area (Å²) in [4.78, 5) is 11.3. The van der Waals surface area contributed by atoms with E-state index in [1.165, 1.54) is 5.56 Å². The van der Waals surface area contributed by atoms with Gasteiger partial charge in [-0.2, -0.15) is 0 Å². The molecule has 0 N–H and O–H groups in total. The summed E-state index contributed by atoms with van der Waals surface area (Å²) in [6.45, 7) is 4.39. The number of rotatable bonds is 5. The third kappa shape index (κ3) is 4.49. The van der Waals surface area contributed by atoms with E-state index in [2.05, 4.69) is 60.2 Å². The molecule has 0 spiro atoms. The lowest BCUT2D eigenvalue weighted by Gasteiger charge is -2.04. The topological polar surface area (TPSA) is 24.7 Å². The van der Waals surface area contributed by atoms with Crippen LogP contribution in [-0.2, 0) is 0 Å². The zero-order valence-electron chi connectivity index (χ0n) is 13.9. The molecule has 3 aromatic rings. The zero-order valence-corrected chi connectivity index (χ0v) is 14.7. The molecule has 0 aliphatic carbocycles. The monoisotopic (exact) mass is 332 g/mol. The number of nitrogens with zero attached hydrogens (tertiary/aromatic N) is 2. The van der Waals surface area contributed by atoms with Crippen LogP contribution in [0.25, 0.3) is 0 Å². The standard InChI is InChI=1S/C21H20N2S/c1-16(2)17-8-10-19(11-9-17)23-15-21-13-12-20(24-21)14-22-18-6-4-3-5-7-18/h3-16H,1-2H3. The predicted octanol–water partition coefficient (Wildman–Crippen LogP) is 6.37. The third-order valence-corrected chi connectivity index (χ3v) is 4.60. The van der Waals surface area contributed by atoms with Crippen LogP contribution in [0.4, 0.5) is 11.4 Å².